The zero-order chi connectivity index (χ0) is 10.1. The molecule has 0 aromatic rings. The topological polar surface area (TPSA) is 12.4 Å². The van der Waals surface area contributed by atoms with Crippen LogP contribution in [0.15, 0.2) is 39.6 Å². The number of hydrogen-bond donors (Lipinski definition) is 0. The van der Waals surface area contributed by atoms with Crippen molar-refractivity contribution in [2.24, 2.45) is 4.99 Å². The van der Waals surface area contributed by atoms with Gasteiger partial charge in [0.2, 0.25) is 0 Å². The lowest BCUT2D eigenvalue weighted by molar-refractivity contribution is 1.22. The normalized spacial score (nSPS) is 14.7. The molecule has 1 heterocycles. The molecule has 0 saturated heterocycles. The van der Waals surface area contributed by atoms with E-state index < -0.39 is 0 Å². The van der Waals surface area contributed by atoms with Gasteiger partial charge in [-0.3, -0.25) is 4.99 Å². The maximum Gasteiger partial charge on any atom is 0.0651 e. The van der Waals surface area contributed by atoms with Crippen LogP contribution in [0.25, 0.3) is 0 Å². The summed E-state index contributed by atoms with van der Waals surface area (Å²) >= 11 is 1.65. The number of hydrogen-bond acceptors (Lipinski definition) is 2. The molecule has 0 unspecified atom stereocenters. The van der Waals surface area contributed by atoms with E-state index >= 15 is 0 Å². The second kappa shape index (κ2) is 7.87. The Morgan fingerprint density at radius 1 is 1.62 bits per heavy atom. The van der Waals surface area contributed by atoms with Crippen molar-refractivity contribution in [1.29, 1.82) is 0 Å². The summed E-state index contributed by atoms with van der Waals surface area (Å²) in [4.78, 5) is 5.37. The van der Waals surface area contributed by atoms with E-state index in [0.29, 0.717) is 0 Å². The van der Waals surface area contributed by atoms with Crippen molar-refractivity contribution >= 4 is 18.0 Å². The predicted molar refractivity (Wildman–Crippen MR) is 64.3 cm³/mol. The summed E-state index contributed by atoms with van der Waals surface area (Å²) in [6.45, 7) is 10.5. The van der Waals surface area contributed by atoms with Gasteiger partial charge in [0.1, 0.15) is 0 Å². The largest absolute Gasteiger partial charge is 0.288 e. The van der Waals surface area contributed by atoms with Gasteiger partial charge in [0, 0.05) is 11.1 Å². The molecule has 0 amide bonds. The third-order valence-corrected chi connectivity index (χ3v) is 2.35. The van der Waals surface area contributed by atoms with Crippen LogP contribution in [0.5, 0.6) is 0 Å². The molecule has 0 aromatic heterocycles. The van der Waals surface area contributed by atoms with Gasteiger partial charge in [-0.05, 0) is 24.0 Å². The Balaban J connectivity index is 0.000000671. The molecule has 0 radical (unpaired) electrons. The van der Waals surface area contributed by atoms with Crippen LogP contribution in [0.3, 0.4) is 0 Å². The third kappa shape index (κ3) is 4.13. The fourth-order valence-corrected chi connectivity index (χ4v) is 1.52. The molecule has 1 aliphatic heterocycles. The molecule has 13 heavy (non-hydrogen) atoms. The highest BCUT2D eigenvalue weighted by molar-refractivity contribution is 8.06. The fraction of sp³-hybridized carbons (Fsp3) is 0.364. The van der Waals surface area contributed by atoms with Gasteiger partial charge in [-0.15, -0.1) is 0 Å². The minimum absolute atomic E-state index is 0.820. The molecule has 72 valence electrons. The third-order valence-electron chi connectivity index (χ3n) is 1.43. The second-order valence-corrected chi connectivity index (χ2v) is 3.13. The maximum atomic E-state index is 4.11. The highest BCUT2D eigenvalue weighted by atomic mass is 32.2. The number of allylic oxidation sites excluding steroid dienone is 2. The van der Waals surface area contributed by atoms with Crippen LogP contribution < -0.4 is 0 Å². The van der Waals surface area contributed by atoms with Crippen LogP contribution >= 0.6 is 11.8 Å². The Labute approximate surface area is 85.3 Å². The van der Waals surface area contributed by atoms with Crippen LogP contribution in [-0.4, -0.2) is 12.8 Å². The monoisotopic (exact) mass is 195 g/mol. The van der Waals surface area contributed by atoms with Crippen LogP contribution in [0.2, 0.25) is 0 Å². The minimum Gasteiger partial charge on any atom is -0.288 e. The fourth-order valence-electron chi connectivity index (χ4n) is 0.925. The van der Waals surface area contributed by atoms with Crippen molar-refractivity contribution in [2.45, 2.75) is 20.8 Å². The summed E-state index contributed by atoms with van der Waals surface area (Å²) in [5.74, 6) is 0. The first-order valence-corrected chi connectivity index (χ1v) is 5.39. The highest BCUT2D eigenvalue weighted by Crippen LogP contribution is 2.25. The summed E-state index contributed by atoms with van der Waals surface area (Å²) in [6.07, 6.45) is 5.99. The van der Waals surface area contributed by atoms with Gasteiger partial charge in [0.05, 0.1) is 6.54 Å². The molecular formula is C11H17NS. The number of rotatable bonds is 3. The lowest BCUT2D eigenvalue weighted by Gasteiger charge is -2.01. The molecule has 0 atom stereocenters. The average molecular weight is 195 g/mol. The van der Waals surface area contributed by atoms with Gasteiger partial charge in [0.15, 0.2) is 0 Å². The van der Waals surface area contributed by atoms with Gasteiger partial charge in [0.25, 0.3) is 0 Å². The van der Waals surface area contributed by atoms with E-state index in [0.717, 1.165) is 6.54 Å². The van der Waals surface area contributed by atoms with Gasteiger partial charge in [-0.25, -0.2) is 0 Å². The standard InChI is InChI=1S/C9H11NS.C2H6/c1-3-9(11-4-2)8-5-6-10-7-8;1-2/h3-6H,2,7H2,1H3;1-2H3/b9-3-;. The highest BCUT2D eigenvalue weighted by Gasteiger charge is 2.04. The van der Waals surface area contributed by atoms with Crippen molar-refractivity contribution in [3.8, 4) is 0 Å². The lowest BCUT2D eigenvalue weighted by atomic mass is 10.2. The molecule has 1 nitrogen and oxygen atoms in total. The van der Waals surface area contributed by atoms with Gasteiger partial charge < -0.3 is 0 Å². The average Bonchev–Trinajstić information content (AvgIpc) is 2.70. The van der Waals surface area contributed by atoms with Crippen LogP contribution in [0.1, 0.15) is 20.8 Å². The summed E-state index contributed by atoms with van der Waals surface area (Å²) in [5.41, 5.74) is 1.29. The van der Waals surface area contributed by atoms with Crippen molar-refractivity contribution < 1.29 is 0 Å². The number of aliphatic imine (C=N–C) groups is 1. The Hall–Kier alpha value is -0.760. The van der Waals surface area contributed by atoms with E-state index in [1.165, 1.54) is 10.5 Å². The van der Waals surface area contributed by atoms with Crippen LogP contribution in [-0.2, 0) is 0 Å². The molecule has 0 saturated carbocycles. The molecule has 1 aliphatic rings. The molecule has 1 rings (SSSR count). The lowest BCUT2D eigenvalue weighted by Crippen LogP contribution is -1.84. The van der Waals surface area contributed by atoms with E-state index in [4.69, 9.17) is 0 Å². The summed E-state index contributed by atoms with van der Waals surface area (Å²) in [7, 11) is 0. The van der Waals surface area contributed by atoms with E-state index in [2.05, 4.69) is 17.6 Å². The SMILES string of the molecule is C=CS/C(=C\C)C1=CC=NC1.CC. The first-order valence-electron chi connectivity index (χ1n) is 4.51. The Morgan fingerprint density at radius 3 is 2.69 bits per heavy atom. The van der Waals surface area contributed by atoms with Gasteiger partial charge >= 0.3 is 0 Å². The summed E-state index contributed by atoms with van der Waals surface area (Å²) < 4.78 is 0. The first kappa shape index (κ1) is 12.2. The molecule has 0 spiro atoms. The molecule has 0 aromatic carbocycles. The van der Waals surface area contributed by atoms with E-state index in [1.807, 2.05) is 38.5 Å². The summed E-state index contributed by atoms with van der Waals surface area (Å²) in [5, 5.41) is 1.84. The van der Waals surface area contributed by atoms with Crippen molar-refractivity contribution in [1.82, 2.24) is 0 Å². The summed E-state index contributed by atoms with van der Waals surface area (Å²) in [6, 6.07) is 0. The maximum absolute atomic E-state index is 4.11. The Bertz CT molecular complexity index is 236. The van der Waals surface area contributed by atoms with Crippen molar-refractivity contribution in [3.63, 3.8) is 0 Å². The Morgan fingerprint density at radius 2 is 2.31 bits per heavy atom. The van der Waals surface area contributed by atoms with E-state index in [9.17, 15) is 0 Å². The second-order valence-electron chi connectivity index (χ2n) is 2.12. The van der Waals surface area contributed by atoms with E-state index in [1.54, 1.807) is 11.8 Å². The number of thioether (sulfide) groups is 1. The smallest absolute Gasteiger partial charge is 0.0651 e. The van der Waals surface area contributed by atoms with Crippen molar-refractivity contribution in [3.05, 3.63) is 34.6 Å². The first-order chi connectivity index (χ1) is 6.38. The molecule has 0 bridgehead atoms. The predicted octanol–water partition coefficient (Wildman–Crippen LogP) is 3.80. The van der Waals surface area contributed by atoms with Gasteiger partial charge in [-0.1, -0.05) is 38.3 Å². The molecular weight excluding hydrogens is 178 g/mol. The minimum atomic E-state index is 0.820. The molecule has 2 heteroatoms. The van der Waals surface area contributed by atoms with Crippen LogP contribution in [0, 0.1) is 0 Å². The Kier molecular flexibility index (Phi) is 7.41. The number of nitrogens with zero attached hydrogens (tertiary/aromatic N) is 1. The van der Waals surface area contributed by atoms with Crippen molar-refractivity contribution in [2.75, 3.05) is 6.54 Å². The zero-order valence-electron chi connectivity index (χ0n) is 8.58. The molecule has 0 N–H and O–H groups in total. The van der Waals surface area contributed by atoms with E-state index in [-0.39, 0.29) is 0 Å². The molecule has 0 fully saturated rings. The zero-order valence-corrected chi connectivity index (χ0v) is 9.40. The quantitative estimate of drug-likeness (QED) is 0.667. The van der Waals surface area contributed by atoms with Crippen LogP contribution in [0.4, 0.5) is 0 Å². The molecule has 0 aliphatic carbocycles. The van der Waals surface area contributed by atoms with Gasteiger partial charge in [-0.2, -0.15) is 0 Å².